The fourth-order valence-corrected chi connectivity index (χ4v) is 3.57. The molecule has 2 aromatic carbocycles. The Morgan fingerprint density at radius 3 is 2.67 bits per heavy atom. The van der Waals surface area contributed by atoms with Crippen LogP contribution in [-0.2, 0) is 12.8 Å². The third kappa shape index (κ3) is 2.93. The third-order valence-electron chi connectivity index (χ3n) is 4.19. The van der Waals surface area contributed by atoms with E-state index in [1.807, 2.05) is 12.1 Å². The lowest BCUT2D eigenvalue weighted by Crippen LogP contribution is -2.19. The fraction of sp³-hybridized carbons (Fsp3) is 0.333. The molecule has 1 atom stereocenters. The van der Waals surface area contributed by atoms with Crippen molar-refractivity contribution >= 4 is 21.6 Å². The second-order valence-corrected chi connectivity index (χ2v) is 6.38. The van der Waals surface area contributed by atoms with Crippen molar-refractivity contribution in [2.45, 2.75) is 32.2 Å². The lowest BCUT2D eigenvalue weighted by Gasteiger charge is -2.29. The summed E-state index contributed by atoms with van der Waals surface area (Å²) in [6, 6.07) is 13.2. The molecule has 1 N–H and O–H groups in total. The zero-order valence-corrected chi connectivity index (χ0v) is 14.0. The molecule has 1 unspecified atom stereocenters. The van der Waals surface area contributed by atoms with E-state index in [2.05, 4.69) is 52.4 Å². The lowest BCUT2D eigenvalue weighted by atomic mass is 9.91. The van der Waals surface area contributed by atoms with E-state index in [0.717, 1.165) is 25.0 Å². The highest BCUT2D eigenvalue weighted by Crippen LogP contribution is 2.37. The van der Waals surface area contributed by atoms with Crippen molar-refractivity contribution in [1.29, 1.82) is 0 Å². The summed E-state index contributed by atoms with van der Waals surface area (Å²) in [4.78, 5) is 0. The SMILES string of the molecule is CCc1cc(Br)cc2c1NC(c1ccc(OC)cc1)CC2. The predicted molar refractivity (Wildman–Crippen MR) is 91.2 cm³/mol. The summed E-state index contributed by atoms with van der Waals surface area (Å²) in [5.74, 6) is 0.910. The van der Waals surface area contributed by atoms with Gasteiger partial charge in [-0.25, -0.2) is 0 Å². The van der Waals surface area contributed by atoms with Crippen molar-refractivity contribution in [2.24, 2.45) is 0 Å². The Labute approximate surface area is 134 Å². The number of anilines is 1. The minimum Gasteiger partial charge on any atom is -0.497 e. The van der Waals surface area contributed by atoms with Gasteiger partial charge in [0.1, 0.15) is 5.75 Å². The predicted octanol–water partition coefficient (Wildman–Crippen LogP) is 5.12. The van der Waals surface area contributed by atoms with Crippen LogP contribution in [0.3, 0.4) is 0 Å². The van der Waals surface area contributed by atoms with Crippen LogP contribution in [0.4, 0.5) is 5.69 Å². The summed E-state index contributed by atoms with van der Waals surface area (Å²) in [6.07, 6.45) is 3.29. The molecule has 1 heterocycles. The molecule has 0 radical (unpaired) electrons. The zero-order valence-electron chi connectivity index (χ0n) is 12.4. The van der Waals surface area contributed by atoms with Gasteiger partial charge in [-0.1, -0.05) is 35.0 Å². The van der Waals surface area contributed by atoms with Crippen LogP contribution < -0.4 is 10.1 Å². The van der Waals surface area contributed by atoms with Gasteiger partial charge >= 0.3 is 0 Å². The monoisotopic (exact) mass is 345 g/mol. The maximum Gasteiger partial charge on any atom is 0.118 e. The number of hydrogen-bond donors (Lipinski definition) is 1. The summed E-state index contributed by atoms with van der Waals surface area (Å²) in [5.41, 5.74) is 5.46. The van der Waals surface area contributed by atoms with E-state index in [4.69, 9.17) is 4.74 Å². The van der Waals surface area contributed by atoms with Gasteiger partial charge in [0, 0.05) is 10.2 Å². The second-order valence-electron chi connectivity index (χ2n) is 5.46. The minimum atomic E-state index is 0.384. The van der Waals surface area contributed by atoms with Gasteiger partial charge in [0.05, 0.1) is 13.2 Å². The Morgan fingerprint density at radius 1 is 1.24 bits per heavy atom. The van der Waals surface area contributed by atoms with Crippen molar-refractivity contribution in [3.63, 3.8) is 0 Å². The summed E-state index contributed by atoms with van der Waals surface area (Å²) in [5, 5.41) is 3.74. The molecule has 3 rings (SSSR count). The first kappa shape index (κ1) is 14.5. The summed E-state index contributed by atoms with van der Waals surface area (Å²) >= 11 is 3.62. The van der Waals surface area contributed by atoms with Crippen molar-refractivity contribution in [1.82, 2.24) is 0 Å². The number of hydrogen-bond acceptors (Lipinski definition) is 2. The molecule has 0 spiro atoms. The number of nitrogens with one attached hydrogen (secondary N) is 1. The van der Waals surface area contributed by atoms with Crippen LogP contribution in [0.2, 0.25) is 0 Å². The highest BCUT2D eigenvalue weighted by Gasteiger charge is 2.21. The van der Waals surface area contributed by atoms with E-state index in [-0.39, 0.29) is 0 Å². The molecular weight excluding hydrogens is 326 g/mol. The Morgan fingerprint density at radius 2 is 2.00 bits per heavy atom. The van der Waals surface area contributed by atoms with Gasteiger partial charge in [0.2, 0.25) is 0 Å². The summed E-state index contributed by atoms with van der Waals surface area (Å²) in [6.45, 7) is 2.21. The highest BCUT2D eigenvalue weighted by atomic mass is 79.9. The van der Waals surface area contributed by atoms with Gasteiger partial charge in [-0.15, -0.1) is 0 Å². The van der Waals surface area contributed by atoms with Crippen LogP contribution in [0.15, 0.2) is 40.9 Å². The van der Waals surface area contributed by atoms with E-state index in [1.54, 1.807) is 7.11 Å². The molecule has 2 aromatic rings. The Hall–Kier alpha value is -1.48. The lowest BCUT2D eigenvalue weighted by molar-refractivity contribution is 0.414. The quantitative estimate of drug-likeness (QED) is 0.833. The van der Waals surface area contributed by atoms with Gasteiger partial charge in [0.25, 0.3) is 0 Å². The molecule has 0 saturated carbocycles. The van der Waals surface area contributed by atoms with Crippen molar-refractivity contribution in [3.8, 4) is 5.75 Å². The zero-order chi connectivity index (χ0) is 14.8. The van der Waals surface area contributed by atoms with Crippen LogP contribution in [-0.4, -0.2) is 7.11 Å². The molecule has 2 nitrogen and oxygen atoms in total. The number of rotatable bonds is 3. The fourth-order valence-electron chi connectivity index (χ4n) is 3.02. The van der Waals surface area contributed by atoms with Crippen molar-refractivity contribution in [2.75, 3.05) is 12.4 Å². The molecule has 3 heteroatoms. The van der Waals surface area contributed by atoms with Crippen LogP contribution in [0.1, 0.15) is 36.1 Å². The van der Waals surface area contributed by atoms with E-state index in [1.165, 1.54) is 26.9 Å². The molecule has 0 amide bonds. The molecule has 1 aliphatic heterocycles. The van der Waals surface area contributed by atoms with Crippen LogP contribution >= 0.6 is 15.9 Å². The molecule has 0 aromatic heterocycles. The van der Waals surface area contributed by atoms with E-state index >= 15 is 0 Å². The standard InChI is InChI=1S/C18H20BrNO/c1-3-12-10-15(19)11-14-6-9-17(20-18(12)14)13-4-7-16(21-2)8-5-13/h4-5,7-8,10-11,17,20H,3,6,9H2,1-2H3. The first-order chi connectivity index (χ1) is 10.2. The normalized spacial score (nSPS) is 17.0. The average molecular weight is 346 g/mol. The van der Waals surface area contributed by atoms with Gasteiger partial charge in [-0.3, -0.25) is 0 Å². The van der Waals surface area contributed by atoms with Gasteiger partial charge < -0.3 is 10.1 Å². The highest BCUT2D eigenvalue weighted by molar-refractivity contribution is 9.10. The molecule has 0 fully saturated rings. The molecule has 0 bridgehead atoms. The first-order valence-electron chi connectivity index (χ1n) is 7.43. The number of methoxy groups -OCH3 is 1. The molecule has 21 heavy (non-hydrogen) atoms. The van der Waals surface area contributed by atoms with Crippen LogP contribution in [0.25, 0.3) is 0 Å². The topological polar surface area (TPSA) is 21.3 Å². The van der Waals surface area contributed by atoms with Gasteiger partial charge in [-0.05, 0) is 60.2 Å². The minimum absolute atomic E-state index is 0.384. The number of benzene rings is 2. The number of halogens is 1. The average Bonchev–Trinajstić information content (AvgIpc) is 2.53. The Kier molecular flexibility index (Phi) is 4.20. The van der Waals surface area contributed by atoms with Crippen molar-refractivity contribution in [3.05, 3.63) is 57.6 Å². The maximum absolute atomic E-state index is 5.24. The Bertz CT molecular complexity index is 619. The molecule has 1 aliphatic rings. The summed E-state index contributed by atoms with van der Waals surface area (Å²) in [7, 11) is 1.70. The van der Waals surface area contributed by atoms with Gasteiger partial charge in [0.15, 0.2) is 0 Å². The van der Waals surface area contributed by atoms with E-state index in [0.29, 0.717) is 6.04 Å². The molecular formula is C18H20BrNO. The van der Waals surface area contributed by atoms with E-state index < -0.39 is 0 Å². The maximum atomic E-state index is 5.24. The molecule has 0 aliphatic carbocycles. The third-order valence-corrected chi connectivity index (χ3v) is 4.64. The first-order valence-corrected chi connectivity index (χ1v) is 8.22. The molecule has 110 valence electrons. The number of fused-ring (bicyclic) bond motifs is 1. The summed E-state index contributed by atoms with van der Waals surface area (Å²) < 4.78 is 6.42. The Balaban J connectivity index is 1.89. The van der Waals surface area contributed by atoms with Crippen LogP contribution in [0, 0.1) is 0 Å². The van der Waals surface area contributed by atoms with Crippen molar-refractivity contribution < 1.29 is 4.74 Å². The molecule has 0 saturated heterocycles. The van der Waals surface area contributed by atoms with E-state index in [9.17, 15) is 0 Å². The number of ether oxygens (including phenoxy) is 1. The largest absolute Gasteiger partial charge is 0.497 e. The van der Waals surface area contributed by atoms with Crippen LogP contribution in [0.5, 0.6) is 5.75 Å². The smallest absolute Gasteiger partial charge is 0.118 e. The number of aryl methyl sites for hydroxylation is 2. The second kappa shape index (κ2) is 6.10. The van der Waals surface area contributed by atoms with Gasteiger partial charge in [-0.2, -0.15) is 0 Å².